The van der Waals surface area contributed by atoms with Gasteiger partial charge in [0.2, 0.25) is 0 Å². The Morgan fingerprint density at radius 2 is 2.10 bits per heavy atom. The topological polar surface area (TPSA) is 42.4 Å². The van der Waals surface area contributed by atoms with Crippen LogP contribution >= 0.6 is 11.3 Å². The number of hydrogen-bond acceptors (Lipinski definition) is 4. The molecule has 0 saturated carbocycles. The third-order valence-electron chi connectivity index (χ3n) is 2.87. The van der Waals surface area contributed by atoms with Gasteiger partial charge >= 0.3 is 0 Å². The number of aromatic nitrogens is 1. The van der Waals surface area contributed by atoms with Crippen molar-refractivity contribution < 1.29 is 13.9 Å². The van der Waals surface area contributed by atoms with Crippen molar-refractivity contribution in [3.05, 3.63) is 40.7 Å². The number of carbonyl (C=O) groups excluding carboxylic acids is 1. The van der Waals surface area contributed by atoms with E-state index in [1.54, 1.807) is 19.2 Å². The second kappa shape index (κ2) is 6.00. The van der Waals surface area contributed by atoms with Gasteiger partial charge in [0.1, 0.15) is 0 Å². The van der Waals surface area contributed by atoms with E-state index in [-0.39, 0.29) is 18.3 Å². The van der Waals surface area contributed by atoms with E-state index in [0.717, 1.165) is 10.6 Å². The van der Waals surface area contributed by atoms with Crippen molar-refractivity contribution in [2.75, 3.05) is 18.6 Å². The summed E-state index contributed by atoms with van der Waals surface area (Å²) in [5.74, 6) is -0.688. The Labute approximate surface area is 120 Å². The van der Waals surface area contributed by atoms with Gasteiger partial charge in [-0.25, -0.2) is 9.37 Å². The first kappa shape index (κ1) is 14.5. The maximum Gasteiger partial charge on any atom is 0.266 e. The molecule has 1 aromatic carbocycles. The molecular weight excluding hydrogens is 279 g/mol. The predicted molar refractivity (Wildman–Crippen MR) is 76.9 cm³/mol. The van der Waals surface area contributed by atoms with Gasteiger partial charge in [-0.1, -0.05) is 12.1 Å². The molecule has 0 aliphatic carbocycles. The highest BCUT2D eigenvalue weighted by molar-refractivity contribution is 7.15. The van der Waals surface area contributed by atoms with E-state index in [4.69, 9.17) is 4.74 Å². The first-order chi connectivity index (χ1) is 9.49. The van der Waals surface area contributed by atoms with Crippen LogP contribution in [0.25, 0.3) is 0 Å². The van der Waals surface area contributed by atoms with E-state index in [2.05, 4.69) is 4.98 Å². The molecule has 106 valence electrons. The number of halogens is 1. The fraction of sp³-hybridized carbons (Fsp3) is 0.286. The van der Waals surface area contributed by atoms with E-state index in [1.807, 2.05) is 13.8 Å². The third kappa shape index (κ3) is 3.14. The van der Waals surface area contributed by atoms with Crippen LogP contribution in [0.5, 0.6) is 5.75 Å². The Bertz CT molecular complexity index is 608. The number of hydrogen-bond donors (Lipinski definition) is 0. The van der Waals surface area contributed by atoms with Gasteiger partial charge in [0.05, 0.1) is 5.69 Å². The van der Waals surface area contributed by atoms with E-state index in [9.17, 15) is 9.18 Å². The Kier molecular flexibility index (Phi) is 4.34. The van der Waals surface area contributed by atoms with E-state index in [1.165, 1.54) is 28.4 Å². The van der Waals surface area contributed by atoms with Crippen molar-refractivity contribution in [3.8, 4) is 5.75 Å². The molecule has 0 spiro atoms. The van der Waals surface area contributed by atoms with Gasteiger partial charge in [-0.3, -0.25) is 9.69 Å². The van der Waals surface area contributed by atoms with Gasteiger partial charge in [-0.2, -0.15) is 0 Å². The van der Waals surface area contributed by atoms with Crippen LogP contribution < -0.4 is 9.64 Å². The van der Waals surface area contributed by atoms with Crippen LogP contribution in [-0.2, 0) is 4.79 Å². The van der Waals surface area contributed by atoms with Crippen molar-refractivity contribution in [3.63, 3.8) is 0 Å². The fourth-order valence-electron chi connectivity index (χ4n) is 1.50. The quantitative estimate of drug-likeness (QED) is 0.870. The first-order valence-corrected chi connectivity index (χ1v) is 6.88. The van der Waals surface area contributed by atoms with Gasteiger partial charge in [0.15, 0.2) is 23.3 Å². The van der Waals surface area contributed by atoms with Crippen LogP contribution in [0.1, 0.15) is 10.6 Å². The summed E-state index contributed by atoms with van der Waals surface area (Å²) in [5, 5.41) is 0.613. The normalized spacial score (nSPS) is 10.4. The minimum atomic E-state index is -0.483. The molecule has 4 nitrogen and oxygen atoms in total. The zero-order chi connectivity index (χ0) is 14.7. The number of ether oxygens (including phenoxy) is 1. The summed E-state index contributed by atoms with van der Waals surface area (Å²) >= 11 is 1.44. The lowest BCUT2D eigenvalue weighted by Crippen LogP contribution is -2.31. The molecule has 6 heteroatoms. The lowest BCUT2D eigenvalue weighted by Gasteiger charge is -2.14. The lowest BCUT2D eigenvalue weighted by molar-refractivity contribution is -0.120. The zero-order valence-corrected chi connectivity index (χ0v) is 12.3. The second-order valence-electron chi connectivity index (χ2n) is 4.31. The Morgan fingerprint density at radius 1 is 1.40 bits per heavy atom. The third-order valence-corrected chi connectivity index (χ3v) is 4.02. The summed E-state index contributed by atoms with van der Waals surface area (Å²) in [7, 11) is 1.63. The summed E-state index contributed by atoms with van der Waals surface area (Å²) in [5.41, 5.74) is 0.902. The smallest absolute Gasteiger partial charge is 0.266 e. The standard InChI is InChI=1S/C14H15FN2O2S/c1-9-10(2)20-14(16-9)17(3)13(18)8-19-12-7-5-4-6-11(12)15/h4-7H,8H2,1-3H3. The number of para-hydroxylation sites is 1. The highest BCUT2D eigenvalue weighted by Crippen LogP contribution is 2.24. The number of carbonyl (C=O) groups is 1. The Morgan fingerprint density at radius 3 is 2.70 bits per heavy atom. The van der Waals surface area contributed by atoms with Gasteiger partial charge < -0.3 is 4.74 Å². The molecule has 2 rings (SSSR count). The Hall–Kier alpha value is -1.95. The molecule has 0 unspecified atom stereocenters. The maximum atomic E-state index is 13.4. The van der Waals surface area contributed by atoms with Crippen LogP contribution in [0.15, 0.2) is 24.3 Å². The van der Waals surface area contributed by atoms with E-state index in [0.29, 0.717) is 5.13 Å². The fourth-order valence-corrected chi connectivity index (χ4v) is 2.39. The number of nitrogens with zero attached hydrogens (tertiary/aromatic N) is 2. The minimum absolute atomic E-state index is 0.0701. The van der Waals surface area contributed by atoms with Crippen LogP contribution in [-0.4, -0.2) is 24.5 Å². The first-order valence-electron chi connectivity index (χ1n) is 6.07. The summed E-state index contributed by atoms with van der Waals surface area (Å²) in [6.45, 7) is 3.61. The molecule has 0 aliphatic rings. The molecule has 0 aliphatic heterocycles. The molecule has 1 aromatic heterocycles. The maximum absolute atomic E-state index is 13.4. The number of anilines is 1. The minimum Gasteiger partial charge on any atom is -0.481 e. The summed E-state index contributed by atoms with van der Waals surface area (Å²) < 4.78 is 18.5. The number of aryl methyl sites for hydroxylation is 2. The average Bonchev–Trinajstić information content (AvgIpc) is 2.76. The second-order valence-corrected chi connectivity index (χ2v) is 5.49. The van der Waals surface area contributed by atoms with Crippen LogP contribution in [0, 0.1) is 19.7 Å². The van der Waals surface area contributed by atoms with Gasteiger partial charge in [-0.05, 0) is 26.0 Å². The summed E-state index contributed by atoms with van der Waals surface area (Å²) in [4.78, 5) is 18.8. The largest absolute Gasteiger partial charge is 0.481 e. The molecule has 0 atom stereocenters. The molecule has 1 heterocycles. The molecule has 0 radical (unpaired) electrons. The van der Waals surface area contributed by atoms with Crippen molar-refractivity contribution >= 4 is 22.4 Å². The van der Waals surface area contributed by atoms with Gasteiger partial charge in [0, 0.05) is 11.9 Å². The number of thiazole rings is 1. The molecule has 1 amide bonds. The summed E-state index contributed by atoms with van der Waals surface area (Å²) in [6, 6.07) is 5.99. The number of amides is 1. The van der Waals surface area contributed by atoms with Crippen molar-refractivity contribution in [1.29, 1.82) is 0 Å². The van der Waals surface area contributed by atoms with Crippen molar-refractivity contribution in [2.45, 2.75) is 13.8 Å². The summed E-state index contributed by atoms with van der Waals surface area (Å²) in [6.07, 6.45) is 0. The predicted octanol–water partition coefficient (Wildman–Crippen LogP) is 2.94. The highest BCUT2D eigenvalue weighted by Gasteiger charge is 2.16. The molecule has 0 bridgehead atoms. The van der Waals surface area contributed by atoms with Crippen LogP contribution in [0.4, 0.5) is 9.52 Å². The van der Waals surface area contributed by atoms with Crippen LogP contribution in [0.2, 0.25) is 0 Å². The molecule has 0 saturated heterocycles. The van der Waals surface area contributed by atoms with Gasteiger partial charge in [-0.15, -0.1) is 11.3 Å². The van der Waals surface area contributed by atoms with Crippen molar-refractivity contribution in [1.82, 2.24) is 4.98 Å². The van der Waals surface area contributed by atoms with Gasteiger partial charge in [0.25, 0.3) is 5.91 Å². The molecular formula is C14H15FN2O2S. The molecule has 20 heavy (non-hydrogen) atoms. The molecule has 0 N–H and O–H groups in total. The van der Waals surface area contributed by atoms with E-state index >= 15 is 0 Å². The lowest BCUT2D eigenvalue weighted by atomic mass is 10.3. The Balaban J connectivity index is 2.00. The zero-order valence-electron chi connectivity index (χ0n) is 11.5. The number of likely N-dealkylation sites (N-methyl/N-ethyl adjacent to an activating group) is 1. The molecule has 2 aromatic rings. The number of rotatable bonds is 4. The SMILES string of the molecule is Cc1nc(N(C)C(=O)COc2ccccc2F)sc1C. The number of benzene rings is 1. The monoisotopic (exact) mass is 294 g/mol. The van der Waals surface area contributed by atoms with E-state index < -0.39 is 5.82 Å². The highest BCUT2D eigenvalue weighted by atomic mass is 32.1. The average molecular weight is 294 g/mol. The van der Waals surface area contributed by atoms with Crippen LogP contribution in [0.3, 0.4) is 0 Å². The van der Waals surface area contributed by atoms with Crippen molar-refractivity contribution in [2.24, 2.45) is 0 Å². The molecule has 0 fully saturated rings.